The highest BCUT2D eigenvalue weighted by atomic mass is 32.1. The van der Waals surface area contributed by atoms with Crippen LogP contribution in [0.4, 0.5) is 17.1 Å². The van der Waals surface area contributed by atoms with Crippen molar-refractivity contribution in [3.63, 3.8) is 0 Å². The lowest BCUT2D eigenvalue weighted by atomic mass is 9.96. The zero-order chi connectivity index (χ0) is 30.5. The van der Waals surface area contributed by atoms with Gasteiger partial charge in [0.2, 0.25) is 0 Å². The van der Waals surface area contributed by atoms with Crippen LogP contribution in [0.1, 0.15) is 0 Å². The molecule has 0 amide bonds. The van der Waals surface area contributed by atoms with Crippen molar-refractivity contribution in [1.82, 2.24) is 0 Å². The number of nitrogens with zero attached hydrogens (tertiary/aromatic N) is 1. The van der Waals surface area contributed by atoms with Crippen LogP contribution in [0.3, 0.4) is 0 Å². The largest absolute Gasteiger partial charge is 0.309 e. The fourth-order valence-electron chi connectivity index (χ4n) is 6.93. The highest BCUT2D eigenvalue weighted by Gasteiger charge is 2.22. The lowest BCUT2D eigenvalue weighted by Crippen LogP contribution is -2.12. The second-order valence-electron chi connectivity index (χ2n) is 11.7. The van der Waals surface area contributed by atoms with Crippen molar-refractivity contribution >= 4 is 70.1 Å². The third-order valence-electron chi connectivity index (χ3n) is 9.03. The summed E-state index contributed by atoms with van der Waals surface area (Å²) in [5, 5.41) is 7.57. The molecule has 0 saturated heterocycles. The molecule has 46 heavy (non-hydrogen) atoms. The van der Waals surface area contributed by atoms with E-state index < -0.39 is 0 Å². The first kappa shape index (κ1) is 26.7. The minimum absolute atomic E-state index is 1.13. The average Bonchev–Trinajstić information content (AvgIpc) is 3.52. The Hall–Kier alpha value is -5.70. The number of anilines is 3. The standard InChI is InChI=1S/C44H29NS/c1-3-15-31(16-4-1)35-20-11-12-24-40(35)45(34-27-26-30-14-7-8-19-33(30)28-34)41-29-39-43-36(32-17-5-2-6-18-32)23-13-25-42(43)46-44(39)38-22-10-9-21-37(38)41/h1-29H. The summed E-state index contributed by atoms with van der Waals surface area (Å²) in [4.78, 5) is 2.48. The summed E-state index contributed by atoms with van der Waals surface area (Å²) in [6.07, 6.45) is 0. The van der Waals surface area contributed by atoms with Crippen LogP contribution in [0.5, 0.6) is 0 Å². The lowest BCUT2D eigenvalue weighted by Gasteiger charge is -2.29. The van der Waals surface area contributed by atoms with E-state index in [0.29, 0.717) is 0 Å². The van der Waals surface area contributed by atoms with Gasteiger partial charge in [-0.15, -0.1) is 11.3 Å². The number of rotatable bonds is 5. The molecule has 0 aliphatic heterocycles. The Morgan fingerprint density at radius 1 is 0.391 bits per heavy atom. The molecule has 9 rings (SSSR count). The summed E-state index contributed by atoms with van der Waals surface area (Å²) in [6.45, 7) is 0. The van der Waals surface area contributed by atoms with Crippen LogP contribution in [-0.4, -0.2) is 0 Å². The van der Waals surface area contributed by atoms with Crippen LogP contribution in [0.2, 0.25) is 0 Å². The van der Waals surface area contributed by atoms with Crippen LogP contribution in [0.25, 0.3) is 64.0 Å². The summed E-state index contributed by atoms with van der Waals surface area (Å²) < 4.78 is 2.63. The maximum atomic E-state index is 2.48. The van der Waals surface area contributed by atoms with Crippen molar-refractivity contribution in [2.24, 2.45) is 0 Å². The summed E-state index contributed by atoms with van der Waals surface area (Å²) in [7, 11) is 0. The zero-order valence-electron chi connectivity index (χ0n) is 25.1. The quantitative estimate of drug-likeness (QED) is 0.189. The third kappa shape index (κ3) is 4.38. The van der Waals surface area contributed by atoms with Gasteiger partial charge >= 0.3 is 0 Å². The van der Waals surface area contributed by atoms with E-state index >= 15 is 0 Å². The lowest BCUT2D eigenvalue weighted by molar-refractivity contribution is 1.31. The molecule has 1 aromatic heterocycles. The van der Waals surface area contributed by atoms with Gasteiger partial charge in [0.05, 0.1) is 11.4 Å². The molecule has 0 aliphatic carbocycles. The molecule has 9 aromatic rings. The van der Waals surface area contributed by atoms with E-state index in [9.17, 15) is 0 Å². The van der Waals surface area contributed by atoms with Gasteiger partial charge in [-0.3, -0.25) is 0 Å². The van der Waals surface area contributed by atoms with E-state index in [1.807, 2.05) is 11.3 Å². The van der Waals surface area contributed by atoms with Gasteiger partial charge in [0.1, 0.15) is 0 Å². The molecular formula is C44H29NS. The molecule has 0 spiro atoms. The van der Waals surface area contributed by atoms with Crippen molar-refractivity contribution in [3.8, 4) is 22.3 Å². The van der Waals surface area contributed by atoms with Crippen molar-refractivity contribution in [3.05, 3.63) is 176 Å². The van der Waals surface area contributed by atoms with Crippen LogP contribution in [0.15, 0.2) is 176 Å². The summed E-state index contributed by atoms with van der Waals surface area (Å²) in [5.74, 6) is 0. The smallest absolute Gasteiger partial charge is 0.0547 e. The monoisotopic (exact) mass is 603 g/mol. The van der Waals surface area contributed by atoms with Gasteiger partial charge in [0.25, 0.3) is 0 Å². The van der Waals surface area contributed by atoms with Crippen LogP contribution >= 0.6 is 11.3 Å². The number of hydrogen-bond acceptors (Lipinski definition) is 2. The Labute approximate surface area is 272 Å². The van der Waals surface area contributed by atoms with Crippen LogP contribution in [0, 0.1) is 0 Å². The van der Waals surface area contributed by atoms with E-state index in [2.05, 4.69) is 181 Å². The molecule has 216 valence electrons. The van der Waals surface area contributed by atoms with Gasteiger partial charge in [-0.2, -0.15) is 0 Å². The molecule has 2 heteroatoms. The van der Waals surface area contributed by atoms with E-state index in [4.69, 9.17) is 0 Å². The molecule has 0 bridgehead atoms. The highest BCUT2D eigenvalue weighted by molar-refractivity contribution is 7.26. The molecule has 0 saturated carbocycles. The van der Waals surface area contributed by atoms with Gasteiger partial charge in [0, 0.05) is 42.2 Å². The number of fused-ring (bicyclic) bond motifs is 6. The molecule has 1 heterocycles. The van der Waals surface area contributed by atoms with Crippen molar-refractivity contribution < 1.29 is 0 Å². The second-order valence-corrected chi connectivity index (χ2v) is 12.8. The highest BCUT2D eigenvalue weighted by Crippen LogP contribution is 2.49. The topological polar surface area (TPSA) is 3.24 Å². The second kappa shape index (κ2) is 11.0. The van der Waals surface area contributed by atoms with E-state index in [1.54, 1.807) is 0 Å². The number of hydrogen-bond donors (Lipinski definition) is 0. The number of thiophene rings is 1. The van der Waals surface area contributed by atoms with E-state index in [1.165, 1.54) is 69.7 Å². The molecule has 0 atom stereocenters. The fraction of sp³-hybridized carbons (Fsp3) is 0. The number of para-hydroxylation sites is 1. The van der Waals surface area contributed by atoms with Gasteiger partial charge in [0.15, 0.2) is 0 Å². The molecule has 0 radical (unpaired) electrons. The Morgan fingerprint density at radius 3 is 1.83 bits per heavy atom. The van der Waals surface area contributed by atoms with E-state index in [0.717, 1.165) is 11.4 Å². The molecule has 1 nitrogen and oxygen atoms in total. The van der Waals surface area contributed by atoms with Gasteiger partial charge in [-0.1, -0.05) is 146 Å². The first-order valence-corrected chi connectivity index (χ1v) is 16.5. The van der Waals surface area contributed by atoms with Gasteiger partial charge in [-0.25, -0.2) is 0 Å². The van der Waals surface area contributed by atoms with Crippen LogP contribution in [-0.2, 0) is 0 Å². The summed E-state index contributed by atoms with van der Waals surface area (Å²) in [5.41, 5.74) is 8.35. The first-order chi connectivity index (χ1) is 22.8. The van der Waals surface area contributed by atoms with Crippen LogP contribution < -0.4 is 4.90 Å². The molecule has 8 aromatic carbocycles. The normalized spacial score (nSPS) is 11.5. The maximum absolute atomic E-state index is 2.48. The van der Waals surface area contributed by atoms with Gasteiger partial charge in [-0.05, 0) is 57.8 Å². The van der Waals surface area contributed by atoms with Crippen molar-refractivity contribution in [2.75, 3.05) is 4.90 Å². The molecule has 0 aliphatic rings. The third-order valence-corrected chi connectivity index (χ3v) is 10.2. The van der Waals surface area contributed by atoms with E-state index in [-0.39, 0.29) is 0 Å². The van der Waals surface area contributed by atoms with Crippen molar-refractivity contribution in [1.29, 1.82) is 0 Å². The predicted octanol–water partition coefficient (Wildman–Crippen LogP) is 13.2. The SMILES string of the molecule is c1ccc(-c2ccccc2N(c2ccc3ccccc3c2)c2cc3c(sc4cccc(-c5ccccc5)c43)c3ccccc23)cc1. The summed E-state index contributed by atoms with van der Waals surface area (Å²) >= 11 is 1.90. The Morgan fingerprint density at radius 2 is 1.02 bits per heavy atom. The Kier molecular flexibility index (Phi) is 6.40. The zero-order valence-corrected chi connectivity index (χ0v) is 25.9. The van der Waals surface area contributed by atoms with Crippen molar-refractivity contribution in [2.45, 2.75) is 0 Å². The minimum Gasteiger partial charge on any atom is -0.309 e. The maximum Gasteiger partial charge on any atom is 0.0547 e. The fourth-order valence-corrected chi connectivity index (χ4v) is 8.17. The predicted molar refractivity (Wildman–Crippen MR) is 200 cm³/mol. The number of benzene rings is 8. The Bertz CT molecular complexity index is 2530. The molecule has 0 N–H and O–H groups in total. The minimum atomic E-state index is 1.13. The average molecular weight is 604 g/mol. The van der Waals surface area contributed by atoms with Gasteiger partial charge < -0.3 is 4.90 Å². The molecule has 0 fully saturated rings. The summed E-state index contributed by atoms with van der Waals surface area (Å²) in [6, 6.07) is 63.9. The molecule has 0 unspecified atom stereocenters. The Balaban J connectivity index is 1.41. The molecular weight excluding hydrogens is 575 g/mol. The first-order valence-electron chi connectivity index (χ1n) is 15.7.